The van der Waals surface area contributed by atoms with Gasteiger partial charge in [-0.1, -0.05) is 12.2 Å². The molecule has 0 aromatic rings. The van der Waals surface area contributed by atoms with Crippen molar-refractivity contribution in [3.8, 4) is 0 Å². The van der Waals surface area contributed by atoms with Crippen LogP contribution >= 0.6 is 12.2 Å². The molecule has 0 unspecified atom stereocenters. The molecule has 0 aromatic heterocycles. The second-order valence-electron chi connectivity index (χ2n) is 1.71. The molecule has 1 N–H and O–H groups in total. The Bertz CT molecular complexity index is 110. The summed E-state index contributed by atoms with van der Waals surface area (Å²) in [5.74, 6) is 0. The molecule has 0 aromatic carbocycles. The third-order valence-electron chi connectivity index (χ3n) is 0.830. The topological polar surface area (TPSA) is 24.4 Å². The zero-order valence-electron chi connectivity index (χ0n) is 5.85. The first-order valence-corrected chi connectivity index (χ1v) is 3.33. The van der Waals surface area contributed by atoms with E-state index in [0.717, 1.165) is 18.0 Å². The van der Waals surface area contributed by atoms with Gasteiger partial charge < -0.3 is 10.3 Å². The zero-order chi connectivity index (χ0) is 7.11. The van der Waals surface area contributed by atoms with Gasteiger partial charge in [-0.2, -0.15) is 0 Å². The van der Waals surface area contributed by atoms with Gasteiger partial charge in [-0.15, -0.1) is 0 Å². The molecule has 0 spiro atoms. The van der Waals surface area contributed by atoms with Gasteiger partial charge in [-0.25, -0.2) is 0 Å². The maximum Gasteiger partial charge on any atom is 0.0722 e. The Morgan fingerprint density at radius 2 is 2.44 bits per heavy atom. The zero-order valence-corrected chi connectivity index (χ0v) is 6.66. The van der Waals surface area contributed by atoms with Crippen LogP contribution in [-0.4, -0.2) is 24.8 Å². The number of hydrogen-bond acceptors (Lipinski definition) is 2. The lowest BCUT2D eigenvalue weighted by Gasteiger charge is -1.97. The third-order valence-corrected chi connectivity index (χ3v) is 0.974. The third kappa shape index (κ3) is 7.56. The van der Waals surface area contributed by atoms with E-state index in [9.17, 15) is 0 Å². The molecule has 9 heavy (non-hydrogen) atoms. The lowest BCUT2D eigenvalue weighted by Crippen LogP contribution is -2.19. The standard InChI is InChI=1S/C6H12N2S/c1-6(9)8-5-3-4-7-2/h4H,3,5H2,1-2H3,(H,8,9). The van der Waals surface area contributed by atoms with E-state index in [1.54, 1.807) is 7.05 Å². The monoisotopic (exact) mass is 144 g/mol. The maximum atomic E-state index is 4.79. The molecule has 0 atom stereocenters. The van der Waals surface area contributed by atoms with Crippen molar-refractivity contribution in [3.05, 3.63) is 0 Å². The smallest absolute Gasteiger partial charge is 0.0722 e. The van der Waals surface area contributed by atoms with Crippen LogP contribution < -0.4 is 5.32 Å². The van der Waals surface area contributed by atoms with Crippen molar-refractivity contribution >= 4 is 23.4 Å². The van der Waals surface area contributed by atoms with Crippen molar-refractivity contribution in [2.75, 3.05) is 13.6 Å². The molecule has 0 fully saturated rings. The van der Waals surface area contributed by atoms with Crippen molar-refractivity contribution in [1.82, 2.24) is 5.32 Å². The summed E-state index contributed by atoms with van der Waals surface area (Å²) in [6, 6.07) is 0. The van der Waals surface area contributed by atoms with Crippen molar-refractivity contribution in [2.45, 2.75) is 13.3 Å². The molecular formula is C6H12N2S. The van der Waals surface area contributed by atoms with Crippen LogP contribution in [-0.2, 0) is 0 Å². The van der Waals surface area contributed by atoms with Gasteiger partial charge in [0, 0.05) is 19.8 Å². The summed E-state index contributed by atoms with van der Waals surface area (Å²) in [4.78, 5) is 4.67. The van der Waals surface area contributed by atoms with Crippen LogP contribution in [0, 0.1) is 0 Å². The fraction of sp³-hybridized carbons (Fsp3) is 0.667. The van der Waals surface area contributed by atoms with Crippen LogP contribution in [0.25, 0.3) is 0 Å². The highest BCUT2D eigenvalue weighted by atomic mass is 32.1. The van der Waals surface area contributed by atoms with Gasteiger partial charge in [-0.3, -0.25) is 0 Å². The minimum atomic E-state index is 0.847. The summed E-state index contributed by atoms with van der Waals surface area (Å²) in [6.07, 6.45) is 2.82. The van der Waals surface area contributed by atoms with E-state index in [2.05, 4.69) is 10.3 Å². The Balaban J connectivity index is 3.01. The fourth-order valence-corrected chi connectivity index (χ4v) is 0.544. The lowest BCUT2D eigenvalue weighted by atomic mass is 10.4. The van der Waals surface area contributed by atoms with Crippen molar-refractivity contribution < 1.29 is 0 Å². The number of aliphatic imine (C=N–C) groups is 1. The highest BCUT2D eigenvalue weighted by Gasteiger charge is 1.81. The van der Waals surface area contributed by atoms with Gasteiger partial charge >= 0.3 is 0 Å². The molecule has 0 bridgehead atoms. The Morgan fingerprint density at radius 3 is 2.89 bits per heavy atom. The Morgan fingerprint density at radius 1 is 1.78 bits per heavy atom. The van der Waals surface area contributed by atoms with Gasteiger partial charge in [0.05, 0.1) is 4.99 Å². The number of nitrogens with one attached hydrogen (secondary N) is 1. The van der Waals surface area contributed by atoms with E-state index in [0.29, 0.717) is 0 Å². The van der Waals surface area contributed by atoms with Crippen LogP contribution in [0.3, 0.4) is 0 Å². The van der Waals surface area contributed by atoms with E-state index in [1.807, 2.05) is 13.1 Å². The van der Waals surface area contributed by atoms with Crippen LogP contribution in [0.5, 0.6) is 0 Å². The average Bonchev–Trinajstić information content (AvgIpc) is 1.80. The maximum absolute atomic E-state index is 4.79. The van der Waals surface area contributed by atoms with Crippen LogP contribution in [0.15, 0.2) is 4.99 Å². The van der Waals surface area contributed by atoms with Crippen LogP contribution in [0.1, 0.15) is 13.3 Å². The SMILES string of the molecule is CN=CCCNC(C)=S. The van der Waals surface area contributed by atoms with Crippen molar-refractivity contribution in [2.24, 2.45) is 4.99 Å². The molecule has 0 saturated heterocycles. The summed E-state index contributed by atoms with van der Waals surface area (Å²) in [7, 11) is 1.77. The second kappa shape index (κ2) is 5.69. The Kier molecular flexibility index (Phi) is 5.41. The summed E-state index contributed by atoms with van der Waals surface area (Å²) in [5, 5.41) is 3.02. The number of thiocarbonyl (C=S) groups is 1. The summed E-state index contributed by atoms with van der Waals surface area (Å²) in [6.45, 7) is 2.77. The number of nitrogens with zero attached hydrogens (tertiary/aromatic N) is 1. The van der Waals surface area contributed by atoms with E-state index in [4.69, 9.17) is 12.2 Å². The van der Waals surface area contributed by atoms with E-state index < -0.39 is 0 Å². The Hall–Kier alpha value is -0.440. The lowest BCUT2D eigenvalue weighted by molar-refractivity contribution is 0.928. The molecule has 0 saturated carbocycles. The molecule has 0 aliphatic rings. The molecule has 0 aliphatic heterocycles. The summed E-state index contributed by atoms with van der Waals surface area (Å²) < 4.78 is 0. The summed E-state index contributed by atoms with van der Waals surface area (Å²) in [5.41, 5.74) is 0. The molecule has 0 heterocycles. The fourth-order valence-electron chi connectivity index (χ4n) is 0.442. The number of hydrogen-bond donors (Lipinski definition) is 1. The number of rotatable bonds is 3. The predicted molar refractivity (Wildman–Crippen MR) is 45.3 cm³/mol. The molecule has 2 nitrogen and oxygen atoms in total. The highest BCUT2D eigenvalue weighted by Crippen LogP contribution is 1.71. The Labute approximate surface area is 61.4 Å². The molecule has 52 valence electrons. The minimum absolute atomic E-state index is 0.847. The highest BCUT2D eigenvalue weighted by molar-refractivity contribution is 7.80. The van der Waals surface area contributed by atoms with E-state index in [-0.39, 0.29) is 0 Å². The second-order valence-corrected chi connectivity index (χ2v) is 2.32. The van der Waals surface area contributed by atoms with Gasteiger partial charge in [0.15, 0.2) is 0 Å². The first-order chi connectivity index (χ1) is 4.27. The van der Waals surface area contributed by atoms with Gasteiger partial charge in [0.1, 0.15) is 0 Å². The van der Waals surface area contributed by atoms with Crippen molar-refractivity contribution in [3.63, 3.8) is 0 Å². The molecule has 0 rings (SSSR count). The normalized spacial score (nSPS) is 10.0. The average molecular weight is 144 g/mol. The van der Waals surface area contributed by atoms with Crippen molar-refractivity contribution in [1.29, 1.82) is 0 Å². The van der Waals surface area contributed by atoms with Crippen LogP contribution in [0.4, 0.5) is 0 Å². The van der Waals surface area contributed by atoms with Gasteiger partial charge in [-0.05, 0) is 13.3 Å². The molecule has 0 amide bonds. The first kappa shape index (κ1) is 8.56. The molecule has 0 radical (unpaired) electrons. The first-order valence-electron chi connectivity index (χ1n) is 2.92. The molecule has 0 aliphatic carbocycles. The molecule has 3 heteroatoms. The largest absolute Gasteiger partial charge is 0.380 e. The molecular weight excluding hydrogens is 132 g/mol. The summed E-state index contributed by atoms with van der Waals surface area (Å²) >= 11 is 4.79. The van der Waals surface area contributed by atoms with Crippen LogP contribution in [0.2, 0.25) is 0 Å². The van der Waals surface area contributed by atoms with Gasteiger partial charge in [0.2, 0.25) is 0 Å². The van der Waals surface area contributed by atoms with E-state index >= 15 is 0 Å². The quantitative estimate of drug-likeness (QED) is 0.363. The minimum Gasteiger partial charge on any atom is -0.380 e. The van der Waals surface area contributed by atoms with E-state index in [1.165, 1.54) is 0 Å². The van der Waals surface area contributed by atoms with Gasteiger partial charge in [0.25, 0.3) is 0 Å². The predicted octanol–water partition coefficient (Wildman–Crippen LogP) is 1.01.